The van der Waals surface area contributed by atoms with Crippen LogP contribution in [0.5, 0.6) is 0 Å². The maximum absolute atomic E-state index is 12.9. The van der Waals surface area contributed by atoms with Crippen LogP contribution in [0.3, 0.4) is 0 Å². The van der Waals surface area contributed by atoms with Crippen molar-refractivity contribution in [1.29, 1.82) is 0 Å². The molecule has 1 aliphatic carbocycles. The molecule has 1 fully saturated rings. The molecular weight excluding hydrogens is 472 g/mol. The summed E-state index contributed by atoms with van der Waals surface area (Å²) in [6.45, 7) is 1.45. The number of ketones is 1. The molecule has 37 heavy (non-hydrogen) atoms. The number of allylic oxidation sites excluding steroid dienone is 3. The van der Waals surface area contributed by atoms with Crippen molar-refractivity contribution in [2.75, 3.05) is 0 Å². The van der Waals surface area contributed by atoms with Gasteiger partial charge in [0.1, 0.15) is 12.2 Å². The van der Waals surface area contributed by atoms with Crippen LogP contribution in [0, 0.1) is 11.8 Å². The summed E-state index contributed by atoms with van der Waals surface area (Å²) >= 11 is 0. The Morgan fingerprint density at radius 3 is 1.97 bits per heavy atom. The first kappa shape index (κ1) is 27.6. The molecule has 0 heterocycles. The molecule has 0 radical (unpaired) electrons. The molecular formula is C30H32O7. The van der Waals surface area contributed by atoms with E-state index in [1.807, 2.05) is 24.3 Å². The predicted octanol–water partition coefficient (Wildman–Crippen LogP) is 5.42. The smallest absolute Gasteiger partial charge is 0.338 e. The van der Waals surface area contributed by atoms with E-state index in [1.54, 1.807) is 54.6 Å². The van der Waals surface area contributed by atoms with Gasteiger partial charge in [0.25, 0.3) is 0 Å². The van der Waals surface area contributed by atoms with E-state index in [2.05, 4.69) is 0 Å². The van der Waals surface area contributed by atoms with E-state index in [0.717, 1.165) is 0 Å². The van der Waals surface area contributed by atoms with Gasteiger partial charge in [0, 0.05) is 24.7 Å². The van der Waals surface area contributed by atoms with E-state index in [-0.39, 0.29) is 24.0 Å². The summed E-state index contributed by atoms with van der Waals surface area (Å²) in [4.78, 5) is 48.2. The van der Waals surface area contributed by atoms with Crippen molar-refractivity contribution in [2.45, 2.75) is 51.2 Å². The van der Waals surface area contributed by atoms with Crippen LogP contribution in [0.1, 0.15) is 59.7 Å². The number of unbranched alkanes of at least 4 members (excludes halogenated alkanes) is 1. The fourth-order valence-electron chi connectivity index (χ4n) is 4.47. The maximum atomic E-state index is 12.9. The highest BCUT2D eigenvalue weighted by Gasteiger charge is 2.45. The molecule has 0 aromatic heterocycles. The molecule has 7 heteroatoms. The van der Waals surface area contributed by atoms with E-state index in [4.69, 9.17) is 14.6 Å². The third kappa shape index (κ3) is 8.56. The molecule has 1 N–H and O–H groups in total. The van der Waals surface area contributed by atoms with Crippen LogP contribution < -0.4 is 0 Å². The summed E-state index contributed by atoms with van der Waals surface area (Å²) in [5.41, 5.74) is 0.836. The van der Waals surface area contributed by atoms with Crippen LogP contribution in [-0.4, -0.2) is 41.0 Å². The third-order valence-electron chi connectivity index (χ3n) is 6.29. The molecule has 1 saturated carbocycles. The standard InChI is InChI=1S/C30H32O7/c1-21(31)18-19-25-24(16-10-2-3-11-17-28(32)33)26(36-29(34)22-12-6-4-7-13-22)20-27(25)37-30(35)23-14-8-5-9-15-23/h2,4-10,12-15,18-19,24-27H,3,11,16-17,20H2,1H3,(H,32,33)/b10-2-,19-18+/t24-,25-,26+,27-/m1/s1. The maximum Gasteiger partial charge on any atom is 0.338 e. The number of rotatable bonds is 12. The number of carboxylic acid groups (broad SMARTS) is 1. The molecule has 194 valence electrons. The number of carbonyl (C=O) groups is 4. The molecule has 2 aromatic carbocycles. The van der Waals surface area contributed by atoms with Gasteiger partial charge in [-0.05, 0) is 56.5 Å². The zero-order valence-electron chi connectivity index (χ0n) is 20.8. The first-order valence-electron chi connectivity index (χ1n) is 12.4. The van der Waals surface area contributed by atoms with Gasteiger partial charge in [0.2, 0.25) is 0 Å². The first-order chi connectivity index (χ1) is 17.8. The van der Waals surface area contributed by atoms with Crippen molar-refractivity contribution in [3.63, 3.8) is 0 Å². The van der Waals surface area contributed by atoms with Crippen molar-refractivity contribution in [3.8, 4) is 0 Å². The molecule has 1 aliphatic rings. The number of carbonyl (C=O) groups excluding carboxylic acids is 3. The minimum Gasteiger partial charge on any atom is -0.481 e. The molecule has 7 nitrogen and oxygen atoms in total. The van der Waals surface area contributed by atoms with Crippen LogP contribution in [0.2, 0.25) is 0 Å². The second kappa shape index (κ2) is 13.9. The Hall–Kier alpha value is -4.00. The van der Waals surface area contributed by atoms with Crippen LogP contribution in [0.15, 0.2) is 85.0 Å². The zero-order valence-corrected chi connectivity index (χ0v) is 20.8. The Morgan fingerprint density at radius 2 is 1.43 bits per heavy atom. The minimum absolute atomic E-state index is 0.0898. The number of hydrogen-bond donors (Lipinski definition) is 1. The first-order valence-corrected chi connectivity index (χ1v) is 12.4. The Balaban J connectivity index is 1.82. The Morgan fingerprint density at radius 1 is 0.865 bits per heavy atom. The number of esters is 2. The van der Waals surface area contributed by atoms with Gasteiger partial charge in [0.15, 0.2) is 5.78 Å². The Kier molecular flexibility index (Phi) is 10.4. The number of aliphatic carboxylic acids is 1. The van der Waals surface area contributed by atoms with Crippen LogP contribution in [-0.2, 0) is 19.1 Å². The highest BCUT2D eigenvalue weighted by atomic mass is 16.6. The topological polar surface area (TPSA) is 107 Å². The monoisotopic (exact) mass is 504 g/mol. The second-order valence-corrected chi connectivity index (χ2v) is 9.06. The highest BCUT2D eigenvalue weighted by Crippen LogP contribution is 2.40. The third-order valence-corrected chi connectivity index (χ3v) is 6.29. The Labute approximate surface area is 216 Å². The quantitative estimate of drug-likeness (QED) is 0.178. The van der Waals surface area contributed by atoms with E-state index in [0.29, 0.717) is 36.8 Å². The van der Waals surface area contributed by atoms with E-state index in [1.165, 1.54) is 13.0 Å². The number of carboxylic acids is 1. The van der Waals surface area contributed by atoms with Crippen molar-refractivity contribution in [1.82, 2.24) is 0 Å². The number of hydrogen-bond acceptors (Lipinski definition) is 6. The summed E-state index contributed by atoms with van der Waals surface area (Å²) in [6, 6.07) is 17.3. The highest BCUT2D eigenvalue weighted by molar-refractivity contribution is 5.90. The van der Waals surface area contributed by atoms with Gasteiger partial charge >= 0.3 is 17.9 Å². The Bertz CT molecular complexity index is 1120. The second-order valence-electron chi connectivity index (χ2n) is 9.06. The SMILES string of the molecule is CC(=O)/C=C/[C@@H]1[C@@H](C/C=C\CCCC(=O)O)[C@@H](OC(=O)c2ccccc2)C[C@H]1OC(=O)c1ccccc1. The van der Waals surface area contributed by atoms with Gasteiger partial charge in [-0.25, -0.2) is 9.59 Å². The lowest BCUT2D eigenvalue weighted by molar-refractivity contribution is -0.137. The normalized spacial score (nSPS) is 21.2. The fourth-order valence-corrected chi connectivity index (χ4v) is 4.47. The molecule has 0 spiro atoms. The van der Waals surface area contributed by atoms with E-state index in [9.17, 15) is 19.2 Å². The lowest BCUT2D eigenvalue weighted by Gasteiger charge is -2.23. The van der Waals surface area contributed by atoms with Gasteiger partial charge in [0.05, 0.1) is 11.1 Å². The molecule has 0 amide bonds. The molecule has 3 rings (SSSR count). The van der Waals surface area contributed by atoms with Gasteiger partial charge in [-0.15, -0.1) is 0 Å². The van der Waals surface area contributed by atoms with Crippen molar-refractivity contribution >= 4 is 23.7 Å². The van der Waals surface area contributed by atoms with Gasteiger partial charge in [-0.3, -0.25) is 9.59 Å². The molecule has 0 unspecified atom stereocenters. The zero-order chi connectivity index (χ0) is 26.6. The van der Waals surface area contributed by atoms with E-state index < -0.39 is 30.1 Å². The summed E-state index contributed by atoms with van der Waals surface area (Å²) in [6.07, 6.45) is 7.92. The molecule has 0 saturated heterocycles. The van der Waals surface area contributed by atoms with Gasteiger partial charge in [-0.1, -0.05) is 54.6 Å². The van der Waals surface area contributed by atoms with Crippen molar-refractivity contribution < 1.29 is 33.8 Å². The molecule has 0 aliphatic heterocycles. The van der Waals surface area contributed by atoms with E-state index >= 15 is 0 Å². The average molecular weight is 505 g/mol. The predicted molar refractivity (Wildman–Crippen MR) is 138 cm³/mol. The summed E-state index contributed by atoms with van der Waals surface area (Å²) in [5.74, 6) is -2.52. The van der Waals surface area contributed by atoms with Crippen LogP contribution in [0.25, 0.3) is 0 Å². The summed E-state index contributed by atoms with van der Waals surface area (Å²) in [5, 5.41) is 8.83. The number of ether oxygens (including phenoxy) is 2. The molecule has 4 atom stereocenters. The molecule has 2 aromatic rings. The lowest BCUT2D eigenvalue weighted by Crippen LogP contribution is -2.26. The van der Waals surface area contributed by atoms with Crippen LogP contribution in [0.4, 0.5) is 0 Å². The largest absolute Gasteiger partial charge is 0.481 e. The van der Waals surface area contributed by atoms with Crippen molar-refractivity contribution in [2.24, 2.45) is 11.8 Å². The fraction of sp³-hybridized carbons (Fsp3) is 0.333. The van der Waals surface area contributed by atoms with Crippen LogP contribution >= 0.6 is 0 Å². The minimum atomic E-state index is -0.838. The summed E-state index contributed by atoms with van der Waals surface area (Å²) < 4.78 is 11.8. The molecule has 0 bridgehead atoms. The van der Waals surface area contributed by atoms with Gasteiger partial charge in [-0.2, -0.15) is 0 Å². The lowest BCUT2D eigenvalue weighted by atomic mass is 9.89. The number of benzene rings is 2. The summed E-state index contributed by atoms with van der Waals surface area (Å²) in [7, 11) is 0. The average Bonchev–Trinajstić information content (AvgIpc) is 3.20. The van der Waals surface area contributed by atoms with Gasteiger partial charge < -0.3 is 14.6 Å². The van der Waals surface area contributed by atoms with Crippen molar-refractivity contribution in [3.05, 3.63) is 96.1 Å².